The largest absolute Gasteiger partial charge is 0.472 e. The molecule has 0 N–H and O–H groups in total. The maximum atomic E-state index is 13.5. The first kappa shape index (κ1) is 17.8. The number of nitrogens with zero attached hydrogens (tertiary/aromatic N) is 4. The van der Waals surface area contributed by atoms with Crippen LogP contribution in [0.4, 0.5) is 0 Å². The number of aromatic nitrogens is 3. The SMILES string of the molecule is Cc1ccc(OC2CC3CC2N(C(=O)c2ccccc2-c2ccnnc2)C3)nc1. The van der Waals surface area contributed by atoms with Crippen molar-refractivity contribution in [1.29, 1.82) is 0 Å². The van der Waals surface area contributed by atoms with Gasteiger partial charge in [-0.15, -0.1) is 0 Å². The summed E-state index contributed by atoms with van der Waals surface area (Å²) in [4.78, 5) is 19.8. The fourth-order valence-corrected chi connectivity index (χ4v) is 4.53. The van der Waals surface area contributed by atoms with E-state index in [1.807, 2.05) is 60.5 Å². The van der Waals surface area contributed by atoms with Gasteiger partial charge in [0.25, 0.3) is 5.91 Å². The lowest BCUT2D eigenvalue weighted by atomic mass is 9.99. The first-order valence-electron chi connectivity index (χ1n) is 9.95. The van der Waals surface area contributed by atoms with Gasteiger partial charge in [-0.05, 0) is 48.9 Å². The smallest absolute Gasteiger partial charge is 0.254 e. The minimum absolute atomic E-state index is 0.0114. The molecule has 1 aliphatic heterocycles. The van der Waals surface area contributed by atoms with E-state index in [1.165, 1.54) is 0 Å². The van der Waals surface area contributed by atoms with Crippen molar-refractivity contribution in [2.45, 2.75) is 31.9 Å². The molecule has 146 valence electrons. The second-order valence-electron chi connectivity index (χ2n) is 7.87. The van der Waals surface area contributed by atoms with Gasteiger partial charge in [-0.2, -0.15) is 10.2 Å². The van der Waals surface area contributed by atoms with Crippen LogP contribution in [0.2, 0.25) is 0 Å². The van der Waals surface area contributed by atoms with Gasteiger partial charge in [0.1, 0.15) is 6.10 Å². The number of ether oxygens (including phenoxy) is 1. The highest BCUT2D eigenvalue weighted by atomic mass is 16.5. The number of carbonyl (C=O) groups excluding carboxylic acids is 1. The predicted octanol–water partition coefficient (Wildman–Crippen LogP) is 3.53. The molecule has 1 amide bonds. The Kier molecular flexibility index (Phi) is 4.46. The maximum absolute atomic E-state index is 13.5. The van der Waals surface area contributed by atoms with Crippen molar-refractivity contribution in [3.63, 3.8) is 0 Å². The molecule has 3 aromatic rings. The molecule has 0 spiro atoms. The quantitative estimate of drug-likeness (QED) is 0.686. The number of amides is 1. The van der Waals surface area contributed by atoms with Crippen LogP contribution in [0.3, 0.4) is 0 Å². The molecule has 1 aliphatic carbocycles. The predicted molar refractivity (Wildman–Crippen MR) is 108 cm³/mol. The highest BCUT2D eigenvalue weighted by Gasteiger charge is 2.48. The number of likely N-dealkylation sites (tertiary alicyclic amines) is 1. The van der Waals surface area contributed by atoms with E-state index in [2.05, 4.69) is 15.2 Å². The zero-order valence-electron chi connectivity index (χ0n) is 16.2. The Bertz CT molecular complexity index is 1020. The molecule has 3 unspecified atom stereocenters. The molecule has 2 aromatic heterocycles. The maximum Gasteiger partial charge on any atom is 0.254 e. The molecule has 5 rings (SSSR count). The molecule has 2 aliphatic rings. The van der Waals surface area contributed by atoms with Crippen LogP contribution in [-0.2, 0) is 0 Å². The Morgan fingerprint density at radius 2 is 1.97 bits per heavy atom. The average Bonchev–Trinajstić information content (AvgIpc) is 3.36. The second kappa shape index (κ2) is 7.28. The molecule has 2 fully saturated rings. The number of hydrogen-bond acceptors (Lipinski definition) is 5. The average molecular weight is 386 g/mol. The zero-order valence-corrected chi connectivity index (χ0v) is 16.2. The molecular weight excluding hydrogens is 364 g/mol. The summed E-state index contributed by atoms with van der Waals surface area (Å²) >= 11 is 0. The van der Waals surface area contributed by atoms with Crippen LogP contribution in [0.1, 0.15) is 28.8 Å². The molecule has 0 radical (unpaired) electrons. The minimum Gasteiger partial charge on any atom is -0.472 e. The third-order valence-corrected chi connectivity index (χ3v) is 5.89. The van der Waals surface area contributed by atoms with E-state index < -0.39 is 0 Å². The normalized spacial score (nSPS) is 22.7. The monoisotopic (exact) mass is 386 g/mol. The molecule has 2 bridgehead atoms. The fraction of sp³-hybridized carbons (Fsp3) is 0.304. The van der Waals surface area contributed by atoms with Gasteiger partial charge in [0, 0.05) is 29.9 Å². The summed E-state index contributed by atoms with van der Waals surface area (Å²) in [5.41, 5.74) is 3.57. The Labute approximate surface area is 169 Å². The number of piperidine rings is 1. The summed E-state index contributed by atoms with van der Waals surface area (Å²) in [6, 6.07) is 13.6. The van der Waals surface area contributed by atoms with E-state index in [0.717, 1.165) is 36.1 Å². The lowest BCUT2D eigenvalue weighted by Gasteiger charge is -2.33. The molecule has 1 saturated carbocycles. The van der Waals surface area contributed by atoms with Crippen LogP contribution in [0.15, 0.2) is 61.1 Å². The number of rotatable bonds is 4. The van der Waals surface area contributed by atoms with Crippen molar-refractivity contribution in [3.8, 4) is 17.0 Å². The van der Waals surface area contributed by atoms with Gasteiger partial charge in [-0.25, -0.2) is 4.98 Å². The molecule has 3 heterocycles. The zero-order chi connectivity index (χ0) is 19.8. The van der Waals surface area contributed by atoms with Crippen LogP contribution in [0.25, 0.3) is 11.1 Å². The van der Waals surface area contributed by atoms with Crippen molar-refractivity contribution >= 4 is 5.91 Å². The van der Waals surface area contributed by atoms with E-state index in [0.29, 0.717) is 17.4 Å². The Morgan fingerprint density at radius 3 is 2.72 bits per heavy atom. The summed E-state index contributed by atoms with van der Waals surface area (Å²) in [5, 5.41) is 7.80. The highest BCUT2D eigenvalue weighted by Crippen LogP contribution is 2.41. The van der Waals surface area contributed by atoms with Crippen LogP contribution >= 0.6 is 0 Å². The standard InChI is InChI=1S/C23H22N4O2/c1-15-6-7-22(24-12-15)29-21-11-16-10-20(21)27(14-16)23(28)19-5-3-2-4-18(19)17-8-9-25-26-13-17/h2-9,12-13,16,20-21H,10-11,14H2,1H3. The van der Waals surface area contributed by atoms with Crippen molar-refractivity contribution in [2.24, 2.45) is 5.92 Å². The molecule has 6 heteroatoms. The Morgan fingerprint density at radius 1 is 1.07 bits per heavy atom. The summed E-state index contributed by atoms with van der Waals surface area (Å²) in [6.45, 7) is 2.79. The van der Waals surface area contributed by atoms with Crippen LogP contribution in [0.5, 0.6) is 5.88 Å². The van der Waals surface area contributed by atoms with Crippen LogP contribution < -0.4 is 4.74 Å². The van der Waals surface area contributed by atoms with E-state index in [-0.39, 0.29) is 18.1 Å². The summed E-state index contributed by atoms with van der Waals surface area (Å²) < 4.78 is 6.17. The third-order valence-electron chi connectivity index (χ3n) is 5.89. The summed E-state index contributed by atoms with van der Waals surface area (Å²) in [7, 11) is 0. The van der Waals surface area contributed by atoms with Gasteiger partial charge < -0.3 is 9.64 Å². The van der Waals surface area contributed by atoms with E-state index in [1.54, 1.807) is 12.4 Å². The van der Waals surface area contributed by atoms with Gasteiger partial charge >= 0.3 is 0 Å². The third kappa shape index (κ3) is 3.35. The van der Waals surface area contributed by atoms with E-state index in [9.17, 15) is 4.79 Å². The lowest BCUT2D eigenvalue weighted by molar-refractivity contribution is 0.0467. The number of fused-ring (bicyclic) bond motifs is 2. The van der Waals surface area contributed by atoms with Crippen LogP contribution in [0, 0.1) is 12.8 Å². The van der Waals surface area contributed by atoms with E-state index in [4.69, 9.17) is 4.74 Å². The summed E-state index contributed by atoms with van der Waals surface area (Å²) in [6.07, 6.45) is 7.10. The van der Waals surface area contributed by atoms with Gasteiger partial charge in [0.05, 0.1) is 18.4 Å². The lowest BCUT2D eigenvalue weighted by Crippen LogP contribution is -2.47. The number of carbonyl (C=O) groups is 1. The highest BCUT2D eigenvalue weighted by molar-refractivity contribution is 6.01. The minimum atomic E-state index is -0.0114. The first-order chi connectivity index (χ1) is 14.2. The number of pyridine rings is 1. The van der Waals surface area contributed by atoms with Crippen molar-refractivity contribution in [2.75, 3.05) is 6.54 Å². The molecular formula is C23H22N4O2. The van der Waals surface area contributed by atoms with Crippen molar-refractivity contribution < 1.29 is 9.53 Å². The van der Waals surface area contributed by atoms with Gasteiger partial charge in [0.15, 0.2) is 0 Å². The molecule has 29 heavy (non-hydrogen) atoms. The van der Waals surface area contributed by atoms with E-state index >= 15 is 0 Å². The Hall–Kier alpha value is -3.28. The van der Waals surface area contributed by atoms with Gasteiger partial charge in [-0.1, -0.05) is 24.3 Å². The Balaban J connectivity index is 1.39. The van der Waals surface area contributed by atoms with Gasteiger partial charge in [-0.3, -0.25) is 4.79 Å². The van der Waals surface area contributed by atoms with Gasteiger partial charge in [0.2, 0.25) is 5.88 Å². The topological polar surface area (TPSA) is 68.2 Å². The number of hydrogen-bond donors (Lipinski definition) is 0. The molecule has 1 aromatic carbocycles. The van der Waals surface area contributed by atoms with Crippen molar-refractivity contribution in [1.82, 2.24) is 20.1 Å². The molecule has 1 saturated heterocycles. The molecule has 6 nitrogen and oxygen atoms in total. The fourth-order valence-electron chi connectivity index (χ4n) is 4.53. The first-order valence-corrected chi connectivity index (χ1v) is 9.95. The number of aryl methyl sites for hydroxylation is 1. The number of benzene rings is 1. The van der Waals surface area contributed by atoms with Crippen molar-refractivity contribution in [3.05, 3.63) is 72.2 Å². The molecule has 3 atom stereocenters. The van der Waals surface area contributed by atoms with Crippen LogP contribution in [-0.4, -0.2) is 44.7 Å². The second-order valence-corrected chi connectivity index (χ2v) is 7.87. The summed E-state index contributed by atoms with van der Waals surface area (Å²) in [5.74, 6) is 1.16.